The van der Waals surface area contributed by atoms with Crippen LogP contribution in [0.5, 0.6) is 0 Å². The lowest BCUT2D eigenvalue weighted by Gasteiger charge is -2.07. The van der Waals surface area contributed by atoms with Gasteiger partial charge < -0.3 is 15.6 Å². The van der Waals surface area contributed by atoms with Crippen LogP contribution in [0.2, 0.25) is 0 Å². The van der Waals surface area contributed by atoms with E-state index in [0.29, 0.717) is 27.7 Å². The molecule has 1 aromatic heterocycles. The van der Waals surface area contributed by atoms with Crippen molar-refractivity contribution < 1.29 is 4.79 Å². The number of carbonyl (C=O) groups is 1. The molecule has 0 spiro atoms. The van der Waals surface area contributed by atoms with Gasteiger partial charge in [0.2, 0.25) is 0 Å². The zero-order chi connectivity index (χ0) is 17.6. The Morgan fingerprint density at radius 3 is 2.28 bits per heavy atom. The van der Waals surface area contributed by atoms with E-state index in [2.05, 4.69) is 17.4 Å². The molecule has 1 amide bonds. The molecule has 0 radical (unpaired) electrons. The molecule has 0 saturated carbocycles. The first kappa shape index (κ1) is 17.4. The van der Waals surface area contributed by atoms with Crippen LogP contribution < -0.4 is 11.1 Å². The Bertz CT molecular complexity index is 901. The number of benzene rings is 2. The monoisotopic (exact) mass is 369 g/mol. The minimum atomic E-state index is -0.184. The quantitative estimate of drug-likeness (QED) is 0.645. The fourth-order valence-electron chi connectivity index (χ4n) is 2.53. The Morgan fingerprint density at radius 1 is 1.04 bits per heavy atom. The first-order valence-electron chi connectivity index (χ1n) is 8.00. The average Bonchev–Trinajstić information content (AvgIpc) is 2.94. The van der Waals surface area contributed by atoms with Gasteiger partial charge in [-0.3, -0.25) is 4.79 Å². The number of nitrogens with one attached hydrogen (secondary N) is 1. The third kappa shape index (κ3) is 4.35. The van der Waals surface area contributed by atoms with Crippen LogP contribution in [0.1, 0.15) is 20.8 Å². The van der Waals surface area contributed by atoms with E-state index < -0.39 is 0 Å². The summed E-state index contributed by atoms with van der Waals surface area (Å²) in [6.45, 7) is 1.13. The number of nitrogens with zero attached hydrogens (tertiary/aromatic N) is 1. The highest BCUT2D eigenvalue weighted by Gasteiger charge is 2.16. The van der Waals surface area contributed by atoms with Crippen molar-refractivity contribution in [2.45, 2.75) is 19.5 Å². The van der Waals surface area contributed by atoms with Gasteiger partial charge in [-0.25, -0.2) is 0 Å². The molecule has 0 aliphatic heterocycles. The van der Waals surface area contributed by atoms with Crippen LogP contribution in [0.4, 0.5) is 5.82 Å². The second-order valence-corrected chi connectivity index (χ2v) is 7.28. The highest BCUT2D eigenvalue weighted by molar-refractivity contribution is 7.73. The molecule has 0 bridgehead atoms. The first-order chi connectivity index (χ1) is 12.1. The summed E-state index contributed by atoms with van der Waals surface area (Å²) in [4.78, 5) is 12.9. The SMILES string of the molecule is Nc1c(C(=O)NCc2ccccc2)sc(=S)n1CCc1ccccc1. The molecule has 0 aliphatic rings. The van der Waals surface area contributed by atoms with Gasteiger partial charge in [-0.05, 0) is 29.8 Å². The summed E-state index contributed by atoms with van der Waals surface area (Å²) in [6.07, 6.45) is 0.821. The van der Waals surface area contributed by atoms with Crippen molar-refractivity contribution in [1.82, 2.24) is 9.88 Å². The lowest BCUT2D eigenvalue weighted by Crippen LogP contribution is -2.23. The Kier molecular flexibility index (Phi) is 5.63. The van der Waals surface area contributed by atoms with Crippen molar-refractivity contribution >= 4 is 35.3 Å². The molecule has 0 atom stereocenters. The zero-order valence-electron chi connectivity index (χ0n) is 13.6. The van der Waals surface area contributed by atoms with Crippen LogP contribution in [0.3, 0.4) is 0 Å². The minimum absolute atomic E-state index is 0.184. The second kappa shape index (κ2) is 8.09. The molecule has 1 heterocycles. The Balaban J connectivity index is 1.68. The first-order valence-corrected chi connectivity index (χ1v) is 9.23. The van der Waals surface area contributed by atoms with Crippen molar-refractivity contribution in [3.63, 3.8) is 0 Å². The second-order valence-electron chi connectivity index (χ2n) is 5.64. The fraction of sp³-hybridized carbons (Fsp3) is 0.158. The zero-order valence-corrected chi connectivity index (χ0v) is 15.3. The number of aromatic nitrogens is 1. The molecule has 0 unspecified atom stereocenters. The largest absolute Gasteiger partial charge is 0.384 e. The molecule has 0 aliphatic carbocycles. The van der Waals surface area contributed by atoms with Gasteiger partial charge in [0, 0.05) is 13.1 Å². The van der Waals surface area contributed by atoms with Gasteiger partial charge in [0.1, 0.15) is 10.7 Å². The number of anilines is 1. The number of carbonyl (C=O) groups excluding carboxylic acids is 1. The van der Waals surface area contributed by atoms with E-state index in [1.54, 1.807) is 0 Å². The highest BCUT2D eigenvalue weighted by atomic mass is 32.1. The Labute approximate surface area is 155 Å². The van der Waals surface area contributed by atoms with Crippen LogP contribution in [0, 0.1) is 3.95 Å². The minimum Gasteiger partial charge on any atom is -0.384 e. The van der Waals surface area contributed by atoms with E-state index in [-0.39, 0.29) is 5.91 Å². The van der Waals surface area contributed by atoms with E-state index in [9.17, 15) is 4.79 Å². The van der Waals surface area contributed by atoms with Crippen LogP contribution in [0.25, 0.3) is 0 Å². The number of nitrogens with two attached hydrogens (primary N) is 1. The van der Waals surface area contributed by atoms with Crippen molar-refractivity contribution in [2.24, 2.45) is 0 Å². The van der Waals surface area contributed by atoms with Crippen LogP contribution in [-0.4, -0.2) is 10.5 Å². The lowest BCUT2D eigenvalue weighted by molar-refractivity contribution is 0.0955. The van der Waals surface area contributed by atoms with Gasteiger partial charge in [0.15, 0.2) is 3.95 Å². The van der Waals surface area contributed by atoms with Crippen LogP contribution >= 0.6 is 23.6 Å². The molecule has 3 aromatic rings. The third-order valence-electron chi connectivity index (χ3n) is 3.90. The smallest absolute Gasteiger partial charge is 0.265 e. The van der Waals surface area contributed by atoms with Crippen molar-refractivity contribution in [3.05, 3.63) is 80.6 Å². The predicted molar refractivity (Wildman–Crippen MR) is 105 cm³/mol. The Hall–Kier alpha value is -2.44. The van der Waals surface area contributed by atoms with E-state index in [1.165, 1.54) is 16.9 Å². The van der Waals surface area contributed by atoms with E-state index >= 15 is 0 Å². The summed E-state index contributed by atoms with van der Waals surface area (Å²) >= 11 is 6.65. The molecule has 0 fully saturated rings. The average molecular weight is 370 g/mol. The number of rotatable bonds is 6. The van der Waals surface area contributed by atoms with Crippen molar-refractivity contribution in [2.75, 3.05) is 5.73 Å². The molecular weight excluding hydrogens is 350 g/mol. The van der Waals surface area contributed by atoms with E-state index in [0.717, 1.165) is 12.0 Å². The Morgan fingerprint density at radius 2 is 1.64 bits per heavy atom. The van der Waals surface area contributed by atoms with Gasteiger partial charge in [-0.15, -0.1) is 0 Å². The van der Waals surface area contributed by atoms with Crippen molar-refractivity contribution in [1.29, 1.82) is 0 Å². The molecule has 3 rings (SSSR count). The van der Waals surface area contributed by atoms with Gasteiger partial charge >= 0.3 is 0 Å². The van der Waals surface area contributed by atoms with Crippen LogP contribution in [-0.2, 0) is 19.5 Å². The topological polar surface area (TPSA) is 60.1 Å². The van der Waals surface area contributed by atoms with Crippen LogP contribution in [0.15, 0.2) is 60.7 Å². The summed E-state index contributed by atoms with van der Waals surface area (Å²) in [5.41, 5.74) is 8.44. The molecule has 2 aromatic carbocycles. The van der Waals surface area contributed by atoms with E-state index in [4.69, 9.17) is 18.0 Å². The number of hydrogen-bond acceptors (Lipinski definition) is 4. The maximum atomic E-state index is 12.4. The molecular formula is C19H19N3OS2. The lowest BCUT2D eigenvalue weighted by atomic mass is 10.1. The van der Waals surface area contributed by atoms with Gasteiger partial charge in [-0.1, -0.05) is 72.0 Å². The number of aryl methyl sites for hydroxylation is 1. The summed E-state index contributed by atoms with van der Waals surface area (Å²) in [5, 5.41) is 2.90. The van der Waals surface area contributed by atoms with E-state index in [1.807, 2.05) is 53.1 Å². The maximum absolute atomic E-state index is 12.4. The number of nitrogen functional groups attached to an aromatic ring is 1. The number of hydrogen-bond donors (Lipinski definition) is 2. The number of amides is 1. The summed E-state index contributed by atoms with van der Waals surface area (Å²) in [5.74, 6) is 0.257. The summed E-state index contributed by atoms with van der Waals surface area (Å²) in [6, 6.07) is 19.9. The normalized spacial score (nSPS) is 10.6. The highest BCUT2D eigenvalue weighted by Crippen LogP contribution is 2.22. The molecule has 25 heavy (non-hydrogen) atoms. The molecule has 0 saturated heterocycles. The standard InChI is InChI=1S/C19H19N3OS2/c20-17-16(18(23)21-13-15-9-5-2-6-10-15)25-19(24)22(17)12-11-14-7-3-1-4-8-14/h1-10H,11-13,20H2,(H,21,23). The summed E-state index contributed by atoms with van der Waals surface area (Å²) in [7, 11) is 0. The van der Waals surface area contributed by atoms with Gasteiger partial charge in [0.25, 0.3) is 5.91 Å². The summed E-state index contributed by atoms with van der Waals surface area (Å²) < 4.78 is 2.46. The maximum Gasteiger partial charge on any atom is 0.265 e. The molecule has 4 nitrogen and oxygen atoms in total. The molecule has 128 valence electrons. The van der Waals surface area contributed by atoms with Crippen molar-refractivity contribution in [3.8, 4) is 0 Å². The van der Waals surface area contributed by atoms with Gasteiger partial charge in [0.05, 0.1) is 0 Å². The number of thiazole rings is 1. The van der Waals surface area contributed by atoms with Gasteiger partial charge in [-0.2, -0.15) is 0 Å². The third-order valence-corrected chi connectivity index (χ3v) is 5.37. The molecule has 3 N–H and O–H groups in total. The predicted octanol–water partition coefficient (Wildman–Crippen LogP) is 4.03. The molecule has 6 heteroatoms. The fourth-order valence-corrected chi connectivity index (χ4v) is 3.83.